The summed E-state index contributed by atoms with van der Waals surface area (Å²) in [6.07, 6.45) is 3.85. The predicted molar refractivity (Wildman–Crippen MR) is 79.3 cm³/mol. The van der Waals surface area contributed by atoms with Gasteiger partial charge in [-0.3, -0.25) is 0 Å². The van der Waals surface area contributed by atoms with E-state index in [4.69, 9.17) is 5.73 Å². The van der Waals surface area contributed by atoms with Crippen LogP contribution in [0.3, 0.4) is 0 Å². The maximum Gasteiger partial charge on any atom is 0.0184 e. The highest BCUT2D eigenvalue weighted by molar-refractivity contribution is 7.98. The Hall–Kier alpha value is -0.470. The van der Waals surface area contributed by atoms with Gasteiger partial charge in [0.05, 0.1) is 0 Å². The average molecular weight is 251 g/mol. The van der Waals surface area contributed by atoms with Gasteiger partial charge in [-0.15, -0.1) is 0 Å². The Bertz CT molecular complexity index is 295. The third kappa shape index (κ3) is 6.75. The summed E-state index contributed by atoms with van der Waals surface area (Å²) < 4.78 is 0. The Morgan fingerprint density at radius 2 is 1.82 bits per heavy atom. The van der Waals surface area contributed by atoms with Gasteiger partial charge in [-0.2, -0.15) is 11.8 Å². The molecule has 0 aliphatic rings. The van der Waals surface area contributed by atoms with Gasteiger partial charge in [-0.1, -0.05) is 50.6 Å². The molecular weight excluding hydrogens is 226 g/mol. The highest BCUT2D eigenvalue weighted by atomic mass is 32.2. The lowest BCUT2D eigenvalue weighted by atomic mass is 9.88. The van der Waals surface area contributed by atoms with Crippen molar-refractivity contribution >= 4 is 11.8 Å². The van der Waals surface area contributed by atoms with Crippen LogP contribution >= 0.6 is 11.8 Å². The van der Waals surface area contributed by atoms with E-state index in [0.29, 0.717) is 5.41 Å². The van der Waals surface area contributed by atoms with Crippen molar-refractivity contribution in [3.05, 3.63) is 35.9 Å². The lowest BCUT2D eigenvalue weighted by Gasteiger charge is -2.21. The SMILES string of the molecule is CC(C)(CN)CCCCSCc1ccccc1. The van der Waals surface area contributed by atoms with Crippen molar-refractivity contribution in [3.8, 4) is 0 Å². The third-order valence-electron chi connectivity index (χ3n) is 3.06. The van der Waals surface area contributed by atoms with E-state index in [0.717, 1.165) is 12.3 Å². The summed E-state index contributed by atoms with van der Waals surface area (Å²) in [7, 11) is 0. The molecule has 0 spiro atoms. The predicted octanol–water partition coefficient (Wildman–Crippen LogP) is 4.08. The van der Waals surface area contributed by atoms with Crippen LogP contribution in [0.5, 0.6) is 0 Å². The van der Waals surface area contributed by atoms with Crippen LogP contribution in [0.4, 0.5) is 0 Å². The molecule has 0 saturated heterocycles. The fraction of sp³-hybridized carbons (Fsp3) is 0.600. The quantitative estimate of drug-likeness (QED) is 0.705. The number of unbranched alkanes of at least 4 members (excludes halogenated alkanes) is 1. The van der Waals surface area contributed by atoms with Crippen molar-refractivity contribution in [1.29, 1.82) is 0 Å². The fourth-order valence-corrected chi connectivity index (χ4v) is 2.65. The van der Waals surface area contributed by atoms with E-state index >= 15 is 0 Å². The van der Waals surface area contributed by atoms with Crippen LogP contribution in [0.25, 0.3) is 0 Å². The van der Waals surface area contributed by atoms with Gasteiger partial charge in [0.1, 0.15) is 0 Å². The van der Waals surface area contributed by atoms with Crippen LogP contribution in [-0.4, -0.2) is 12.3 Å². The molecule has 0 saturated carbocycles. The molecule has 0 amide bonds. The Labute approximate surface area is 110 Å². The molecule has 0 radical (unpaired) electrons. The fourth-order valence-electron chi connectivity index (χ4n) is 1.67. The van der Waals surface area contributed by atoms with Crippen molar-refractivity contribution in [2.24, 2.45) is 11.1 Å². The second kappa shape index (κ2) is 7.78. The smallest absolute Gasteiger partial charge is 0.0184 e. The van der Waals surface area contributed by atoms with E-state index in [9.17, 15) is 0 Å². The van der Waals surface area contributed by atoms with E-state index in [2.05, 4.69) is 44.2 Å². The minimum atomic E-state index is 0.324. The lowest BCUT2D eigenvalue weighted by molar-refractivity contribution is 0.336. The van der Waals surface area contributed by atoms with Gasteiger partial charge >= 0.3 is 0 Å². The highest BCUT2D eigenvalue weighted by Crippen LogP contribution is 2.22. The maximum absolute atomic E-state index is 5.72. The number of hydrogen-bond acceptors (Lipinski definition) is 2. The normalized spacial score (nSPS) is 11.7. The molecule has 2 heteroatoms. The molecule has 0 unspecified atom stereocenters. The molecule has 2 N–H and O–H groups in total. The molecule has 0 aliphatic heterocycles. The van der Waals surface area contributed by atoms with E-state index in [1.54, 1.807) is 0 Å². The Morgan fingerprint density at radius 1 is 1.12 bits per heavy atom. The number of benzene rings is 1. The summed E-state index contributed by atoms with van der Waals surface area (Å²) in [4.78, 5) is 0. The summed E-state index contributed by atoms with van der Waals surface area (Å²) in [5.74, 6) is 2.40. The number of thioether (sulfide) groups is 1. The van der Waals surface area contributed by atoms with Gasteiger partial charge in [0, 0.05) is 5.75 Å². The van der Waals surface area contributed by atoms with E-state index in [1.165, 1.54) is 30.6 Å². The molecule has 96 valence electrons. The second-order valence-corrected chi connectivity index (χ2v) is 6.47. The van der Waals surface area contributed by atoms with Crippen molar-refractivity contribution < 1.29 is 0 Å². The van der Waals surface area contributed by atoms with Gasteiger partial charge in [0.25, 0.3) is 0 Å². The molecule has 0 fully saturated rings. The Morgan fingerprint density at radius 3 is 2.47 bits per heavy atom. The molecular formula is C15H25NS. The van der Waals surface area contributed by atoms with Crippen molar-refractivity contribution in [2.45, 2.75) is 38.9 Å². The maximum atomic E-state index is 5.72. The zero-order valence-electron chi connectivity index (χ0n) is 11.1. The molecule has 1 rings (SSSR count). The monoisotopic (exact) mass is 251 g/mol. The first-order valence-corrected chi connectivity index (χ1v) is 7.61. The standard InChI is InChI=1S/C15H25NS/c1-15(2,13-16)10-6-7-11-17-12-14-8-4-3-5-9-14/h3-5,8-9H,6-7,10-13,16H2,1-2H3. The van der Waals surface area contributed by atoms with Crippen LogP contribution in [0, 0.1) is 5.41 Å². The van der Waals surface area contributed by atoms with Gasteiger partial charge in [-0.25, -0.2) is 0 Å². The molecule has 0 atom stereocenters. The van der Waals surface area contributed by atoms with Gasteiger partial charge in [-0.05, 0) is 36.1 Å². The number of rotatable bonds is 8. The van der Waals surface area contributed by atoms with Crippen molar-refractivity contribution in [3.63, 3.8) is 0 Å². The lowest BCUT2D eigenvalue weighted by Crippen LogP contribution is -2.23. The summed E-state index contributed by atoms with van der Waals surface area (Å²) in [6.45, 7) is 5.30. The molecule has 0 aromatic heterocycles. The van der Waals surface area contributed by atoms with E-state index in [-0.39, 0.29) is 0 Å². The van der Waals surface area contributed by atoms with Gasteiger partial charge < -0.3 is 5.73 Å². The molecule has 0 bridgehead atoms. The third-order valence-corrected chi connectivity index (χ3v) is 4.17. The van der Waals surface area contributed by atoms with E-state index in [1.807, 2.05) is 11.8 Å². The first-order chi connectivity index (χ1) is 8.14. The summed E-state index contributed by atoms with van der Waals surface area (Å²) >= 11 is 2.03. The first-order valence-electron chi connectivity index (χ1n) is 6.46. The first kappa shape index (κ1) is 14.6. The van der Waals surface area contributed by atoms with Gasteiger partial charge in [0.15, 0.2) is 0 Å². The molecule has 17 heavy (non-hydrogen) atoms. The van der Waals surface area contributed by atoms with E-state index < -0.39 is 0 Å². The molecule has 0 heterocycles. The summed E-state index contributed by atoms with van der Waals surface area (Å²) in [6, 6.07) is 10.7. The summed E-state index contributed by atoms with van der Waals surface area (Å²) in [5.41, 5.74) is 7.47. The van der Waals surface area contributed by atoms with Crippen LogP contribution in [0.1, 0.15) is 38.7 Å². The zero-order chi connectivity index (χ0) is 12.6. The van der Waals surface area contributed by atoms with Crippen LogP contribution < -0.4 is 5.73 Å². The number of nitrogens with two attached hydrogens (primary N) is 1. The Balaban J connectivity index is 2.02. The molecule has 1 aromatic carbocycles. The van der Waals surface area contributed by atoms with Crippen LogP contribution in [-0.2, 0) is 5.75 Å². The number of hydrogen-bond donors (Lipinski definition) is 1. The molecule has 1 aromatic rings. The topological polar surface area (TPSA) is 26.0 Å². The minimum Gasteiger partial charge on any atom is -0.330 e. The average Bonchev–Trinajstić information content (AvgIpc) is 2.35. The van der Waals surface area contributed by atoms with Crippen LogP contribution in [0.2, 0.25) is 0 Å². The van der Waals surface area contributed by atoms with Crippen LogP contribution in [0.15, 0.2) is 30.3 Å². The molecule has 1 nitrogen and oxygen atoms in total. The van der Waals surface area contributed by atoms with Crippen molar-refractivity contribution in [1.82, 2.24) is 0 Å². The minimum absolute atomic E-state index is 0.324. The summed E-state index contributed by atoms with van der Waals surface area (Å²) in [5, 5.41) is 0. The highest BCUT2D eigenvalue weighted by Gasteiger charge is 2.13. The molecule has 0 aliphatic carbocycles. The second-order valence-electron chi connectivity index (χ2n) is 5.36. The zero-order valence-corrected chi connectivity index (χ0v) is 11.9. The Kier molecular flexibility index (Phi) is 6.68. The van der Waals surface area contributed by atoms with Crippen molar-refractivity contribution in [2.75, 3.05) is 12.3 Å². The van der Waals surface area contributed by atoms with Gasteiger partial charge in [0.2, 0.25) is 0 Å². The largest absolute Gasteiger partial charge is 0.330 e.